The topological polar surface area (TPSA) is 25.1 Å². The van der Waals surface area contributed by atoms with Gasteiger partial charge in [-0.3, -0.25) is 0 Å². The van der Waals surface area contributed by atoms with Crippen LogP contribution in [-0.4, -0.2) is 18.3 Å². The molecule has 6 rings (SSSR count). The van der Waals surface area contributed by atoms with Crippen LogP contribution < -0.4 is 0 Å². The van der Waals surface area contributed by atoms with Crippen molar-refractivity contribution >= 4 is 0 Å². The minimum Gasteiger partial charge on any atom is -0.369 e. The van der Waals surface area contributed by atoms with Crippen LogP contribution in [0.5, 0.6) is 0 Å². The van der Waals surface area contributed by atoms with E-state index in [-0.39, 0.29) is 0 Å². The second-order valence-corrected chi connectivity index (χ2v) is 6.39. The van der Waals surface area contributed by atoms with Crippen LogP contribution >= 0.6 is 0 Å². The predicted octanol–water partition coefficient (Wildman–Crippen LogP) is 3.24. The number of hydrogen-bond donors (Lipinski definition) is 0. The van der Waals surface area contributed by atoms with Crippen molar-refractivity contribution in [2.24, 2.45) is 0 Å². The highest BCUT2D eigenvalue weighted by Gasteiger charge is 2.46. The van der Waals surface area contributed by atoms with Gasteiger partial charge in [0.25, 0.3) is 0 Å². The standard InChI is InChI=1S/C10H10O.C9H8O/c1-2-4-8-6-10-9(11-10)5-7(8)3-1;1-2-4-7-6(3-1)5-8-9(7)10-8/h1-4,9-10H,5-6H2;1-4,8-9H,5H2. The average molecular weight is 278 g/mol. The Morgan fingerprint density at radius 1 is 0.619 bits per heavy atom. The molecule has 0 amide bonds. The zero-order chi connectivity index (χ0) is 13.8. The molecule has 4 unspecified atom stereocenters. The normalized spacial score (nSPS) is 32.8. The van der Waals surface area contributed by atoms with Crippen molar-refractivity contribution < 1.29 is 9.47 Å². The largest absolute Gasteiger partial charge is 0.369 e. The van der Waals surface area contributed by atoms with E-state index in [1.54, 1.807) is 0 Å². The highest BCUT2D eigenvalue weighted by atomic mass is 16.6. The highest BCUT2D eigenvalue weighted by Crippen LogP contribution is 2.48. The molecule has 2 aliphatic carbocycles. The van der Waals surface area contributed by atoms with Crippen LogP contribution in [-0.2, 0) is 28.7 Å². The van der Waals surface area contributed by atoms with Crippen molar-refractivity contribution in [2.75, 3.05) is 0 Å². The third-order valence-corrected chi connectivity index (χ3v) is 5.01. The van der Waals surface area contributed by atoms with E-state index in [0.717, 1.165) is 19.3 Å². The Kier molecular flexibility index (Phi) is 2.52. The van der Waals surface area contributed by atoms with Crippen LogP contribution in [0.3, 0.4) is 0 Å². The predicted molar refractivity (Wildman–Crippen MR) is 80.3 cm³/mol. The average Bonchev–Trinajstić information content (AvgIpc) is 3.43. The summed E-state index contributed by atoms with van der Waals surface area (Å²) in [4.78, 5) is 0. The Balaban J connectivity index is 0.0000000996. The molecule has 2 aromatic carbocycles. The van der Waals surface area contributed by atoms with Gasteiger partial charge in [0.15, 0.2) is 0 Å². The molecule has 106 valence electrons. The lowest BCUT2D eigenvalue weighted by Crippen LogP contribution is -2.11. The van der Waals surface area contributed by atoms with E-state index in [2.05, 4.69) is 48.5 Å². The minimum atomic E-state index is 0.469. The third kappa shape index (κ3) is 2.10. The molecule has 0 saturated carbocycles. The number of ether oxygens (including phenoxy) is 2. The second-order valence-electron chi connectivity index (χ2n) is 6.39. The molecule has 4 aliphatic rings. The summed E-state index contributed by atoms with van der Waals surface area (Å²) in [5, 5.41) is 0. The molecule has 2 heterocycles. The highest BCUT2D eigenvalue weighted by molar-refractivity contribution is 5.38. The molecule has 0 bridgehead atoms. The van der Waals surface area contributed by atoms with Crippen molar-refractivity contribution in [3.63, 3.8) is 0 Å². The van der Waals surface area contributed by atoms with Gasteiger partial charge in [-0.15, -0.1) is 0 Å². The lowest BCUT2D eigenvalue weighted by molar-refractivity contribution is 0.361. The van der Waals surface area contributed by atoms with Gasteiger partial charge in [-0.2, -0.15) is 0 Å². The molecule has 0 spiro atoms. The van der Waals surface area contributed by atoms with Crippen LogP contribution in [0.2, 0.25) is 0 Å². The maximum Gasteiger partial charge on any atom is 0.110 e. The van der Waals surface area contributed by atoms with Gasteiger partial charge in [-0.05, 0) is 22.3 Å². The zero-order valence-corrected chi connectivity index (χ0v) is 11.9. The fourth-order valence-electron chi connectivity index (χ4n) is 3.71. The van der Waals surface area contributed by atoms with Crippen molar-refractivity contribution in [3.05, 3.63) is 70.8 Å². The van der Waals surface area contributed by atoms with Crippen LogP contribution in [0.25, 0.3) is 0 Å². The van der Waals surface area contributed by atoms with Crippen molar-refractivity contribution in [2.45, 2.75) is 43.7 Å². The molecule has 2 saturated heterocycles. The fourth-order valence-corrected chi connectivity index (χ4v) is 3.71. The van der Waals surface area contributed by atoms with Gasteiger partial charge in [0.2, 0.25) is 0 Å². The Labute approximate surface area is 124 Å². The first-order valence-corrected chi connectivity index (χ1v) is 7.84. The number of rotatable bonds is 0. The van der Waals surface area contributed by atoms with E-state index in [4.69, 9.17) is 9.47 Å². The SMILES string of the molecule is c1ccc2c(c1)CC1OC1C2.c1ccc2c(c1)CC1OC21. The maximum absolute atomic E-state index is 5.46. The Bertz CT molecular complexity index is 664. The molecule has 2 fully saturated rings. The molecule has 0 N–H and O–H groups in total. The quantitative estimate of drug-likeness (QED) is 0.691. The van der Waals surface area contributed by atoms with E-state index >= 15 is 0 Å². The monoisotopic (exact) mass is 278 g/mol. The third-order valence-electron chi connectivity index (χ3n) is 5.01. The maximum atomic E-state index is 5.46. The van der Waals surface area contributed by atoms with Gasteiger partial charge in [0.1, 0.15) is 6.10 Å². The number of hydrogen-bond acceptors (Lipinski definition) is 2. The van der Waals surface area contributed by atoms with E-state index in [9.17, 15) is 0 Å². The molecule has 2 heteroatoms. The minimum absolute atomic E-state index is 0.469. The molecule has 4 atom stereocenters. The zero-order valence-electron chi connectivity index (χ0n) is 11.9. The summed E-state index contributed by atoms with van der Waals surface area (Å²) in [6.45, 7) is 0. The Morgan fingerprint density at radius 2 is 1.19 bits per heavy atom. The molecule has 2 aliphatic heterocycles. The number of benzene rings is 2. The van der Waals surface area contributed by atoms with Crippen LogP contribution in [0, 0.1) is 0 Å². The van der Waals surface area contributed by atoms with Gasteiger partial charge in [-0.1, -0.05) is 48.5 Å². The molecule has 2 nitrogen and oxygen atoms in total. The van der Waals surface area contributed by atoms with Gasteiger partial charge in [0.05, 0.1) is 18.3 Å². The summed E-state index contributed by atoms with van der Waals surface area (Å²) in [5.74, 6) is 0. The summed E-state index contributed by atoms with van der Waals surface area (Å²) < 4.78 is 10.8. The number of fused-ring (bicyclic) bond motifs is 5. The molecular weight excluding hydrogens is 260 g/mol. The first-order valence-electron chi connectivity index (χ1n) is 7.84. The van der Waals surface area contributed by atoms with Crippen molar-refractivity contribution in [3.8, 4) is 0 Å². The summed E-state index contributed by atoms with van der Waals surface area (Å²) in [5.41, 5.74) is 5.90. The van der Waals surface area contributed by atoms with Crippen LogP contribution in [0.15, 0.2) is 48.5 Å². The molecule has 0 aromatic heterocycles. The van der Waals surface area contributed by atoms with Crippen molar-refractivity contribution in [1.29, 1.82) is 0 Å². The summed E-state index contributed by atoms with van der Waals surface area (Å²) in [7, 11) is 0. The van der Waals surface area contributed by atoms with Crippen LogP contribution in [0.1, 0.15) is 28.4 Å². The van der Waals surface area contributed by atoms with E-state index in [1.807, 2.05) is 0 Å². The lowest BCUT2D eigenvalue weighted by Gasteiger charge is -2.10. The molecule has 21 heavy (non-hydrogen) atoms. The Morgan fingerprint density at radius 3 is 1.86 bits per heavy atom. The van der Waals surface area contributed by atoms with Crippen LogP contribution in [0.4, 0.5) is 0 Å². The van der Waals surface area contributed by atoms with E-state index < -0.39 is 0 Å². The van der Waals surface area contributed by atoms with Gasteiger partial charge in [-0.25, -0.2) is 0 Å². The summed E-state index contributed by atoms with van der Waals surface area (Å²) in [6, 6.07) is 17.2. The lowest BCUT2D eigenvalue weighted by atomic mass is 9.92. The van der Waals surface area contributed by atoms with E-state index in [0.29, 0.717) is 24.4 Å². The van der Waals surface area contributed by atoms with E-state index in [1.165, 1.54) is 22.3 Å². The summed E-state index contributed by atoms with van der Waals surface area (Å²) in [6.07, 6.45) is 5.55. The van der Waals surface area contributed by atoms with Crippen molar-refractivity contribution in [1.82, 2.24) is 0 Å². The smallest absolute Gasteiger partial charge is 0.110 e. The number of epoxide rings is 2. The first-order chi connectivity index (χ1) is 10.4. The fraction of sp³-hybridized carbons (Fsp3) is 0.368. The molecule has 2 aromatic rings. The van der Waals surface area contributed by atoms with Gasteiger partial charge >= 0.3 is 0 Å². The molecule has 0 radical (unpaired) electrons. The van der Waals surface area contributed by atoms with Gasteiger partial charge < -0.3 is 9.47 Å². The summed E-state index contributed by atoms with van der Waals surface area (Å²) >= 11 is 0. The van der Waals surface area contributed by atoms with Gasteiger partial charge in [0, 0.05) is 19.3 Å². The molecular formula is C19H18O2. The first kappa shape index (κ1) is 12.0. The Hall–Kier alpha value is -1.64. The second kappa shape index (κ2) is 4.43.